The van der Waals surface area contributed by atoms with Gasteiger partial charge in [0.15, 0.2) is 5.65 Å². The average molecular weight is 264 g/mol. The molecule has 0 radical (unpaired) electrons. The Kier molecular flexibility index (Phi) is 2.01. The molecule has 2 aliphatic rings. The lowest BCUT2D eigenvalue weighted by atomic mass is 9.93. The van der Waals surface area contributed by atoms with Crippen molar-refractivity contribution in [3.05, 3.63) is 24.5 Å². The highest BCUT2D eigenvalue weighted by Crippen LogP contribution is 2.65. The number of nitrogens with zero attached hydrogens (tertiary/aromatic N) is 4. The zero-order valence-corrected chi connectivity index (χ0v) is 10.4. The van der Waals surface area contributed by atoms with Crippen molar-refractivity contribution in [3.8, 4) is 0 Å². The van der Waals surface area contributed by atoms with Crippen molar-refractivity contribution in [3.63, 3.8) is 0 Å². The average Bonchev–Trinajstić information content (AvgIpc) is 2.78. The van der Waals surface area contributed by atoms with Crippen LogP contribution in [0, 0.1) is 5.41 Å². The lowest BCUT2D eigenvalue weighted by Crippen LogP contribution is -2.37. The molecule has 2 aromatic rings. The van der Waals surface area contributed by atoms with Crippen LogP contribution in [0.2, 0.25) is 0 Å². The first kappa shape index (κ1) is 11.1. The summed E-state index contributed by atoms with van der Waals surface area (Å²) in [4.78, 5) is 6.59. The molecule has 0 unspecified atom stereocenters. The van der Waals surface area contributed by atoms with E-state index in [4.69, 9.17) is 0 Å². The molecule has 2 fully saturated rings. The molecule has 1 spiro atoms. The van der Waals surface area contributed by atoms with Crippen molar-refractivity contribution in [2.24, 2.45) is 5.41 Å². The maximum absolute atomic E-state index is 13.3. The third kappa shape index (κ3) is 1.55. The van der Waals surface area contributed by atoms with Crippen LogP contribution >= 0.6 is 0 Å². The quantitative estimate of drug-likeness (QED) is 0.792. The van der Waals surface area contributed by atoms with Gasteiger partial charge in [-0.1, -0.05) is 0 Å². The monoisotopic (exact) mass is 264 g/mol. The first-order valence-electron chi connectivity index (χ1n) is 6.53. The Bertz CT molecular complexity index is 628. The molecule has 1 saturated carbocycles. The highest BCUT2D eigenvalue weighted by atomic mass is 19.3. The molecule has 0 aromatic carbocycles. The van der Waals surface area contributed by atoms with E-state index in [1.165, 1.54) is 0 Å². The summed E-state index contributed by atoms with van der Waals surface area (Å²) < 4.78 is 28.3. The molecule has 2 aromatic heterocycles. The summed E-state index contributed by atoms with van der Waals surface area (Å²) in [5.41, 5.74) is 0.0825. The summed E-state index contributed by atoms with van der Waals surface area (Å²) in [6.07, 6.45) is 4.75. The summed E-state index contributed by atoms with van der Waals surface area (Å²) in [7, 11) is 0. The number of anilines is 1. The second-order valence-electron chi connectivity index (χ2n) is 5.57. The van der Waals surface area contributed by atoms with Gasteiger partial charge in [0, 0.05) is 37.2 Å². The maximum Gasteiger partial charge on any atom is 0.254 e. The summed E-state index contributed by atoms with van der Waals surface area (Å²) in [5.74, 6) is -1.58. The molecular formula is C13H14F2N4. The highest BCUT2D eigenvalue weighted by molar-refractivity contribution is 5.47. The third-order valence-electron chi connectivity index (χ3n) is 4.50. The van der Waals surface area contributed by atoms with Crippen LogP contribution in [0.25, 0.3) is 5.65 Å². The van der Waals surface area contributed by atoms with E-state index in [2.05, 4.69) is 15.0 Å². The van der Waals surface area contributed by atoms with Crippen molar-refractivity contribution in [1.82, 2.24) is 14.6 Å². The second-order valence-corrected chi connectivity index (χ2v) is 5.57. The van der Waals surface area contributed by atoms with E-state index in [0.29, 0.717) is 25.9 Å². The molecule has 6 heteroatoms. The number of piperidine rings is 1. The SMILES string of the molecule is FC1(F)CC12CCN(c1ccn3nccc3n1)CC2. The Hall–Kier alpha value is -1.72. The first-order chi connectivity index (χ1) is 9.10. The standard InChI is InChI=1S/C13H14F2N4/c14-13(15)9-12(13)3-7-18(8-4-12)10-2-6-19-11(17-10)1-5-16-19/h1-2,5-6H,3-4,7-9H2. The highest BCUT2D eigenvalue weighted by Gasteiger charge is 2.70. The second kappa shape index (κ2) is 3.43. The van der Waals surface area contributed by atoms with Crippen molar-refractivity contribution < 1.29 is 8.78 Å². The smallest absolute Gasteiger partial charge is 0.254 e. The number of hydrogen-bond donors (Lipinski definition) is 0. The van der Waals surface area contributed by atoms with Crippen molar-refractivity contribution >= 4 is 11.5 Å². The van der Waals surface area contributed by atoms with E-state index in [9.17, 15) is 8.78 Å². The van der Waals surface area contributed by atoms with Crippen LogP contribution in [0.3, 0.4) is 0 Å². The molecule has 100 valence electrons. The molecule has 1 aliphatic carbocycles. The van der Waals surface area contributed by atoms with E-state index in [0.717, 1.165) is 11.5 Å². The number of rotatable bonds is 1. The van der Waals surface area contributed by atoms with Crippen molar-refractivity contribution in [1.29, 1.82) is 0 Å². The molecule has 0 bridgehead atoms. The van der Waals surface area contributed by atoms with E-state index in [1.54, 1.807) is 10.7 Å². The van der Waals surface area contributed by atoms with Crippen LogP contribution in [0.15, 0.2) is 24.5 Å². The molecule has 0 atom stereocenters. The van der Waals surface area contributed by atoms with Gasteiger partial charge in [-0.3, -0.25) is 0 Å². The molecule has 4 nitrogen and oxygen atoms in total. The van der Waals surface area contributed by atoms with Crippen molar-refractivity contribution in [2.45, 2.75) is 25.2 Å². The van der Waals surface area contributed by atoms with Gasteiger partial charge in [0.2, 0.25) is 0 Å². The van der Waals surface area contributed by atoms with E-state index >= 15 is 0 Å². The number of alkyl halides is 2. The fourth-order valence-electron chi connectivity index (χ4n) is 3.07. The predicted molar refractivity (Wildman–Crippen MR) is 66.4 cm³/mol. The van der Waals surface area contributed by atoms with Crippen LogP contribution in [0.4, 0.5) is 14.6 Å². The van der Waals surface area contributed by atoms with Gasteiger partial charge in [-0.2, -0.15) is 5.10 Å². The van der Waals surface area contributed by atoms with Crippen LogP contribution in [0.1, 0.15) is 19.3 Å². The van der Waals surface area contributed by atoms with E-state index < -0.39 is 11.3 Å². The fourth-order valence-corrected chi connectivity index (χ4v) is 3.07. The number of fused-ring (bicyclic) bond motifs is 1. The molecule has 0 N–H and O–H groups in total. The minimum absolute atomic E-state index is 0.0723. The van der Waals surface area contributed by atoms with E-state index in [1.807, 2.05) is 18.3 Å². The number of hydrogen-bond acceptors (Lipinski definition) is 3. The lowest BCUT2D eigenvalue weighted by Gasteiger charge is -2.33. The van der Waals surface area contributed by atoms with Gasteiger partial charge >= 0.3 is 0 Å². The van der Waals surface area contributed by atoms with Gasteiger partial charge in [0.1, 0.15) is 5.82 Å². The third-order valence-corrected chi connectivity index (χ3v) is 4.50. The Morgan fingerprint density at radius 1 is 1.16 bits per heavy atom. The van der Waals surface area contributed by atoms with Gasteiger partial charge in [0.05, 0.1) is 6.20 Å². The van der Waals surface area contributed by atoms with Crippen LogP contribution < -0.4 is 4.90 Å². The van der Waals surface area contributed by atoms with Crippen LogP contribution in [-0.4, -0.2) is 33.6 Å². The molecule has 19 heavy (non-hydrogen) atoms. The molecule has 1 aliphatic heterocycles. The Balaban J connectivity index is 1.55. The number of aromatic nitrogens is 3. The lowest BCUT2D eigenvalue weighted by molar-refractivity contribution is 0.0536. The molecule has 3 heterocycles. The van der Waals surface area contributed by atoms with E-state index in [-0.39, 0.29) is 6.42 Å². The largest absolute Gasteiger partial charge is 0.356 e. The van der Waals surface area contributed by atoms with Crippen molar-refractivity contribution in [2.75, 3.05) is 18.0 Å². The van der Waals surface area contributed by atoms with Crippen LogP contribution in [-0.2, 0) is 0 Å². The zero-order chi connectivity index (χ0) is 13.1. The Labute approximate surface area is 109 Å². The van der Waals surface area contributed by atoms with Gasteiger partial charge < -0.3 is 4.90 Å². The topological polar surface area (TPSA) is 33.4 Å². The molecule has 1 saturated heterocycles. The summed E-state index contributed by atoms with van der Waals surface area (Å²) >= 11 is 0. The molecular weight excluding hydrogens is 250 g/mol. The Morgan fingerprint density at radius 2 is 1.89 bits per heavy atom. The minimum Gasteiger partial charge on any atom is -0.356 e. The molecule has 0 amide bonds. The Morgan fingerprint density at radius 3 is 2.58 bits per heavy atom. The fraction of sp³-hybridized carbons (Fsp3) is 0.538. The van der Waals surface area contributed by atoms with Gasteiger partial charge in [-0.25, -0.2) is 18.3 Å². The normalized spacial score (nSPS) is 24.0. The van der Waals surface area contributed by atoms with Gasteiger partial charge in [0.25, 0.3) is 5.92 Å². The summed E-state index contributed by atoms with van der Waals surface area (Å²) in [6.45, 7) is 1.32. The van der Waals surface area contributed by atoms with Gasteiger partial charge in [-0.05, 0) is 18.9 Å². The minimum atomic E-state index is -2.43. The molecule has 4 rings (SSSR count). The van der Waals surface area contributed by atoms with Gasteiger partial charge in [-0.15, -0.1) is 0 Å². The zero-order valence-electron chi connectivity index (χ0n) is 10.4. The predicted octanol–water partition coefficient (Wildman–Crippen LogP) is 2.35. The maximum atomic E-state index is 13.3. The summed E-state index contributed by atoms with van der Waals surface area (Å²) in [6, 6.07) is 3.73. The summed E-state index contributed by atoms with van der Waals surface area (Å²) in [5, 5.41) is 4.09. The first-order valence-corrected chi connectivity index (χ1v) is 6.53. The number of halogens is 2. The van der Waals surface area contributed by atoms with Crippen LogP contribution in [0.5, 0.6) is 0 Å².